The maximum atomic E-state index is 12.4. The van der Waals surface area contributed by atoms with Crippen molar-refractivity contribution in [3.05, 3.63) is 34.4 Å². The van der Waals surface area contributed by atoms with Crippen LogP contribution < -0.4 is 5.32 Å². The van der Waals surface area contributed by atoms with Gasteiger partial charge in [-0.3, -0.25) is 9.59 Å². The number of carbonyl (C=O) groups excluding carboxylic acids is 1. The molecule has 1 fully saturated rings. The maximum absolute atomic E-state index is 12.4. The van der Waals surface area contributed by atoms with Crippen LogP contribution >= 0.6 is 0 Å². The van der Waals surface area contributed by atoms with Crippen LogP contribution in [0.2, 0.25) is 0 Å². The molecule has 5 heteroatoms. The Hall–Kier alpha value is -1.88. The minimum absolute atomic E-state index is 0.107. The fraction of sp³-hybridized carbons (Fsp3) is 0.529. The van der Waals surface area contributed by atoms with E-state index in [0.29, 0.717) is 13.0 Å². The second kappa shape index (κ2) is 6.48. The highest BCUT2D eigenvalue weighted by Crippen LogP contribution is 2.23. The van der Waals surface area contributed by atoms with E-state index < -0.39 is 11.5 Å². The van der Waals surface area contributed by atoms with Gasteiger partial charge in [0.25, 0.3) is 0 Å². The number of carbonyl (C=O) groups is 2. The van der Waals surface area contributed by atoms with E-state index in [2.05, 4.69) is 17.4 Å². The zero-order valence-corrected chi connectivity index (χ0v) is 13.4. The van der Waals surface area contributed by atoms with Crippen molar-refractivity contribution in [2.75, 3.05) is 13.2 Å². The highest BCUT2D eigenvalue weighted by Gasteiger charge is 2.38. The van der Waals surface area contributed by atoms with Gasteiger partial charge in [-0.15, -0.1) is 0 Å². The highest BCUT2D eigenvalue weighted by molar-refractivity contribution is 5.81. The molecule has 1 heterocycles. The topological polar surface area (TPSA) is 75.6 Å². The molecule has 1 aliphatic rings. The van der Waals surface area contributed by atoms with Crippen LogP contribution in [0.5, 0.6) is 0 Å². The molecule has 1 aliphatic heterocycles. The number of benzene rings is 1. The average molecular weight is 305 g/mol. The van der Waals surface area contributed by atoms with Gasteiger partial charge in [-0.25, -0.2) is 0 Å². The molecule has 0 aliphatic carbocycles. The third-order valence-electron chi connectivity index (χ3n) is 4.18. The van der Waals surface area contributed by atoms with Crippen LogP contribution in [-0.2, 0) is 20.7 Å². The van der Waals surface area contributed by atoms with E-state index in [4.69, 9.17) is 9.84 Å². The molecule has 0 saturated carbocycles. The summed E-state index contributed by atoms with van der Waals surface area (Å²) in [5.41, 5.74) is 3.58. The fourth-order valence-corrected chi connectivity index (χ4v) is 3.17. The molecule has 5 nitrogen and oxygen atoms in total. The molecule has 1 aromatic carbocycles. The first kappa shape index (κ1) is 16.5. The van der Waals surface area contributed by atoms with Crippen LogP contribution in [0.15, 0.2) is 12.1 Å². The first-order valence-corrected chi connectivity index (χ1v) is 7.49. The third-order valence-corrected chi connectivity index (χ3v) is 4.18. The van der Waals surface area contributed by atoms with Gasteiger partial charge in [-0.1, -0.05) is 17.7 Å². The van der Waals surface area contributed by atoms with Gasteiger partial charge >= 0.3 is 5.97 Å². The summed E-state index contributed by atoms with van der Waals surface area (Å²) in [6.07, 6.45) is 0.695. The minimum Gasteiger partial charge on any atom is -0.481 e. The van der Waals surface area contributed by atoms with Crippen LogP contribution in [0.25, 0.3) is 0 Å². The van der Waals surface area contributed by atoms with Gasteiger partial charge in [-0.2, -0.15) is 0 Å². The molecular formula is C17H23NO4. The van der Waals surface area contributed by atoms with Gasteiger partial charge in [0, 0.05) is 6.61 Å². The molecule has 0 radical (unpaired) electrons. The van der Waals surface area contributed by atoms with Crippen molar-refractivity contribution in [1.29, 1.82) is 0 Å². The fourth-order valence-electron chi connectivity index (χ4n) is 3.17. The minimum atomic E-state index is -0.923. The quantitative estimate of drug-likeness (QED) is 0.871. The lowest BCUT2D eigenvalue weighted by Gasteiger charge is -2.27. The molecule has 0 bridgehead atoms. The Balaban J connectivity index is 2.11. The molecule has 0 spiro atoms. The molecule has 1 amide bonds. The number of hydrogen-bond donors (Lipinski definition) is 2. The van der Waals surface area contributed by atoms with Crippen LogP contribution in [0.3, 0.4) is 0 Å². The monoisotopic (exact) mass is 305 g/mol. The molecule has 1 atom stereocenters. The van der Waals surface area contributed by atoms with Gasteiger partial charge in [0.2, 0.25) is 5.91 Å². The van der Waals surface area contributed by atoms with Gasteiger partial charge < -0.3 is 15.2 Å². The smallest absolute Gasteiger partial charge is 0.305 e. The van der Waals surface area contributed by atoms with Crippen LogP contribution in [0.1, 0.15) is 35.1 Å². The molecule has 1 unspecified atom stereocenters. The number of rotatable bonds is 5. The third kappa shape index (κ3) is 3.85. The summed E-state index contributed by atoms with van der Waals surface area (Å²) >= 11 is 0. The summed E-state index contributed by atoms with van der Waals surface area (Å²) < 4.78 is 5.30. The van der Waals surface area contributed by atoms with Gasteiger partial charge in [0.05, 0.1) is 25.0 Å². The van der Waals surface area contributed by atoms with Gasteiger partial charge in [0.1, 0.15) is 0 Å². The van der Waals surface area contributed by atoms with Crippen molar-refractivity contribution in [2.24, 2.45) is 0 Å². The molecular weight excluding hydrogens is 282 g/mol. The van der Waals surface area contributed by atoms with Crippen LogP contribution in [0.4, 0.5) is 0 Å². The summed E-state index contributed by atoms with van der Waals surface area (Å²) in [5, 5.41) is 12.0. The van der Waals surface area contributed by atoms with Crippen molar-refractivity contribution >= 4 is 11.9 Å². The zero-order chi connectivity index (χ0) is 16.3. The molecule has 120 valence electrons. The Morgan fingerprint density at radius 3 is 2.41 bits per heavy atom. The van der Waals surface area contributed by atoms with Crippen molar-refractivity contribution in [1.82, 2.24) is 5.32 Å². The molecule has 22 heavy (non-hydrogen) atoms. The van der Waals surface area contributed by atoms with Crippen molar-refractivity contribution < 1.29 is 19.4 Å². The Bertz CT molecular complexity index is 565. The van der Waals surface area contributed by atoms with Crippen molar-refractivity contribution in [3.63, 3.8) is 0 Å². The lowest BCUT2D eigenvalue weighted by molar-refractivity contribution is -0.139. The maximum Gasteiger partial charge on any atom is 0.305 e. The molecule has 1 saturated heterocycles. The van der Waals surface area contributed by atoms with E-state index in [1.807, 2.05) is 20.8 Å². The Morgan fingerprint density at radius 1 is 1.27 bits per heavy atom. The summed E-state index contributed by atoms with van der Waals surface area (Å²) in [5.74, 6) is -1.07. The number of nitrogens with one attached hydrogen (secondary N) is 1. The number of aliphatic carboxylic acids is 1. The second-order valence-corrected chi connectivity index (χ2v) is 6.26. The highest BCUT2D eigenvalue weighted by atomic mass is 16.5. The van der Waals surface area contributed by atoms with E-state index in [-0.39, 0.29) is 25.4 Å². The average Bonchev–Trinajstić information content (AvgIpc) is 2.80. The Kier molecular flexibility index (Phi) is 4.86. The number of aryl methyl sites for hydroxylation is 3. The number of ether oxygens (including phenoxy) is 1. The summed E-state index contributed by atoms with van der Waals surface area (Å²) in [4.78, 5) is 23.4. The molecule has 0 aromatic heterocycles. The molecule has 1 aromatic rings. The van der Waals surface area contributed by atoms with Gasteiger partial charge in [-0.05, 0) is 43.9 Å². The molecule has 2 N–H and O–H groups in total. The lowest BCUT2D eigenvalue weighted by Crippen LogP contribution is -2.51. The van der Waals surface area contributed by atoms with E-state index in [0.717, 1.165) is 16.7 Å². The second-order valence-electron chi connectivity index (χ2n) is 6.26. The van der Waals surface area contributed by atoms with Crippen molar-refractivity contribution in [3.8, 4) is 0 Å². The summed E-state index contributed by atoms with van der Waals surface area (Å²) in [6, 6.07) is 4.11. The van der Waals surface area contributed by atoms with Crippen molar-refractivity contribution in [2.45, 2.75) is 45.6 Å². The Labute approximate surface area is 130 Å². The normalized spacial score (nSPS) is 20.9. The largest absolute Gasteiger partial charge is 0.481 e. The SMILES string of the molecule is Cc1cc(C)c(CC(=O)NC2(CC(=O)O)CCOC2)c(C)c1. The van der Waals surface area contributed by atoms with Crippen LogP contribution in [-0.4, -0.2) is 35.7 Å². The molecule has 2 rings (SSSR count). The predicted octanol–water partition coefficient (Wildman–Crippen LogP) is 1.90. The lowest BCUT2D eigenvalue weighted by atomic mass is 9.92. The number of carboxylic acids is 1. The number of hydrogen-bond acceptors (Lipinski definition) is 3. The summed E-state index contributed by atoms with van der Waals surface area (Å²) in [7, 11) is 0. The van der Waals surface area contributed by atoms with E-state index >= 15 is 0 Å². The van der Waals surface area contributed by atoms with E-state index in [9.17, 15) is 9.59 Å². The first-order valence-electron chi connectivity index (χ1n) is 7.49. The number of amides is 1. The van der Waals surface area contributed by atoms with E-state index in [1.54, 1.807) is 0 Å². The number of carboxylic acid groups (broad SMARTS) is 1. The van der Waals surface area contributed by atoms with Gasteiger partial charge in [0.15, 0.2) is 0 Å². The zero-order valence-electron chi connectivity index (χ0n) is 13.4. The standard InChI is InChI=1S/C17H23NO4/c1-11-6-12(2)14(13(3)7-11)8-15(19)18-17(9-16(20)21)4-5-22-10-17/h6-7H,4-5,8-10H2,1-3H3,(H,18,19)(H,20,21). The van der Waals surface area contributed by atoms with Crippen LogP contribution in [0, 0.1) is 20.8 Å². The summed E-state index contributed by atoms with van der Waals surface area (Å²) in [6.45, 7) is 6.76. The predicted molar refractivity (Wildman–Crippen MR) is 82.9 cm³/mol. The first-order chi connectivity index (χ1) is 10.3. The van der Waals surface area contributed by atoms with E-state index in [1.165, 1.54) is 5.56 Å². The Morgan fingerprint density at radius 2 is 1.91 bits per heavy atom.